The van der Waals surface area contributed by atoms with Crippen molar-refractivity contribution in [3.63, 3.8) is 0 Å². The van der Waals surface area contributed by atoms with Crippen LogP contribution in [0.1, 0.15) is 74.1 Å². The highest BCUT2D eigenvalue weighted by molar-refractivity contribution is 5.74. The lowest BCUT2D eigenvalue weighted by Crippen LogP contribution is -2.46. The molecule has 0 aliphatic rings. The molecule has 6 nitrogen and oxygen atoms in total. The molecule has 0 N–H and O–H groups in total. The number of hydrogen-bond donors (Lipinski definition) is 0. The van der Waals surface area contributed by atoms with Gasteiger partial charge in [0.1, 0.15) is 13.2 Å². The van der Waals surface area contributed by atoms with Gasteiger partial charge in [-0.2, -0.15) is 0 Å². The van der Waals surface area contributed by atoms with Crippen LogP contribution in [-0.2, 0) is 28.6 Å². The summed E-state index contributed by atoms with van der Waals surface area (Å²) in [4.78, 5) is 36.4. The number of carbonyl (C=O) groups excluding carboxylic acids is 3. The fourth-order valence-corrected chi connectivity index (χ4v) is 1.88. The Morgan fingerprint density at radius 1 is 0.692 bits per heavy atom. The summed E-state index contributed by atoms with van der Waals surface area (Å²) in [5.74, 6) is -1.84. The van der Waals surface area contributed by atoms with E-state index in [9.17, 15) is 14.4 Å². The lowest BCUT2D eigenvalue weighted by atomic mass is 10.0. The van der Waals surface area contributed by atoms with Crippen LogP contribution in [-0.4, -0.2) is 36.7 Å². The van der Waals surface area contributed by atoms with E-state index in [1.54, 1.807) is 20.8 Å². The number of hydrogen-bond acceptors (Lipinski definition) is 6. The molecule has 0 fully saturated rings. The van der Waals surface area contributed by atoms with E-state index >= 15 is 0 Å². The molecule has 0 radical (unpaired) electrons. The van der Waals surface area contributed by atoms with Crippen LogP contribution >= 0.6 is 0 Å². The van der Waals surface area contributed by atoms with Gasteiger partial charge in [-0.1, -0.05) is 48.5 Å². The maximum absolute atomic E-state index is 12.3. The van der Waals surface area contributed by atoms with Crippen LogP contribution in [0.25, 0.3) is 0 Å². The van der Waals surface area contributed by atoms with E-state index in [1.165, 1.54) is 0 Å². The molecular formula is C20H36O6. The number of carbonyl (C=O) groups is 3. The van der Waals surface area contributed by atoms with E-state index in [1.807, 2.05) is 27.7 Å². The van der Waals surface area contributed by atoms with Gasteiger partial charge in [-0.25, -0.2) is 0 Å². The Bertz CT molecular complexity index is 433. The first kappa shape index (κ1) is 24.4. The molecule has 6 heteroatoms. The molecule has 0 bridgehead atoms. The SMILES string of the molecule is CCC(C)C(=O)OCC(CC)(COC(=O)C(C)CC)OC(=O)C(C)CC. The van der Waals surface area contributed by atoms with E-state index in [2.05, 4.69) is 0 Å². The first-order valence-electron chi connectivity index (χ1n) is 9.72. The van der Waals surface area contributed by atoms with E-state index in [4.69, 9.17) is 14.2 Å². The third kappa shape index (κ3) is 7.75. The summed E-state index contributed by atoms with van der Waals surface area (Å²) in [6, 6.07) is 0. The smallest absolute Gasteiger partial charge is 0.309 e. The Morgan fingerprint density at radius 2 is 1.04 bits per heavy atom. The molecular weight excluding hydrogens is 336 g/mol. The summed E-state index contributed by atoms with van der Waals surface area (Å²) in [5, 5.41) is 0. The Balaban J connectivity index is 5.22. The average Bonchev–Trinajstić information content (AvgIpc) is 2.67. The monoisotopic (exact) mass is 372 g/mol. The summed E-state index contributed by atoms with van der Waals surface area (Å²) >= 11 is 0. The molecule has 0 spiro atoms. The van der Waals surface area contributed by atoms with Crippen molar-refractivity contribution in [2.45, 2.75) is 79.8 Å². The molecule has 0 aromatic heterocycles. The molecule has 3 unspecified atom stereocenters. The predicted molar refractivity (Wildman–Crippen MR) is 99.4 cm³/mol. The third-order valence-corrected chi connectivity index (χ3v) is 4.96. The minimum atomic E-state index is -1.16. The second-order valence-electron chi connectivity index (χ2n) is 7.10. The molecule has 0 aromatic rings. The first-order valence-corrected chi connectivity index (χ1v) is 9.72. The van der Waals surface area contributed by atoms with Crippen LogP contribution in [0.3, 0.4) is 0 Å². The van der Waals surface area contributed by atoms with E-state index in [0.717, 1.165) is 0 Å². The molecule has 0 amide bonds. The third-order valence-electron chi connectivity index (χ3n) is 4.96. The van der Waals surface area contributed by atoms with Gasteiger partial charge < -0.3 is 14.2 Å². The van der Waals surface area contributed by atoms with Gasteiger partial charge >= 0.3 is 17.9 Å². The zero-order chi connectivity index (χ0) is 20.3. The molecule has 26 heavy (non-hydrogen) atoms. The normalized spacial score (nSPS) is 16.7. The van der Waals surface area contributed by atoms with Crippen molar-refractivity contribution in [1.29, 1.82) is 0 Å². The minimum absolute atomic E-state index is 0.122. The van der Waals surface area contributed by atoms with Crippen molar-refractivity contribution < 1.29 is 28.6 Å². The molecule has 0 saturated heterocycles. The quantitative estimate of drug-likeness (QED) is 0.382. The molecule has 3 atom stereocenters. The van der Waals surface area contributed by atoms with Gasteiger partial charge in [-0.05, 0) is 25.7 Å². The summed E-state index contributed by atoms with van der Waals surface area (Å²) in [6.45, 7) is 12.6. The second kappa shape index (κ2) is 11.9. The highest BCUT2D eigenvalue weighted by Crippen LogP contribution is 2.22. The van der Waals surface area contributed by atoms with Gasteiger partial charge in [-0.3, -0.25) is 14.4 Å². The maximum Gasteiger partial charge on any atom is 0.309 e. The van der Waals surface area contributed by atoms with Gasteiger partial charge in [0.15, 0.2) is 5.60 Å². The summed E-state index contributed by atoms with van der Waals surface area (Å²) < 4.78 is 16.4. The van der Waals surface area contributed by atoms with Crippen molar-refractivity contribution in [3.05, 3.63) is 0 Å². The van der Waals surface area contributed by atoms with E-state index in [-0.39, 0.29) is 48.9 Å². The predicted octanol–water partition coefficient (Wildman–Crippen LogP) is 3.90. The molecule has 0 rings (SSSR count). The second-order valence-corrected chi connectivity index (χ2v) is 7.10. The largest absolute Gasteiger partial charge is 0.461 e. The average molecular weight is 373 g/mol. The highest BCUT2D eigenvalue weighted by Gasteiger charge is 2.38. The summed E-state index contributed by atoms with van der Waals surface area (Å²) in [5.41, 5.74) is -1.16. The minimum Gasteiger partial charge on any atom is -0.461 e. The van der Waals surface area contributed by atoms with Gasteiger partial charge in [0.2, 0.25) is 0 Å². The zero-order valence-electron chi connectivity index (χ0n) is 17.4. The van der Waals surface area contributed by atoms with Crippen molar-refractivity contribution >= 4 is 17.9 Å². The Kier molecular flexibility index (Phi) is 11.2. The van der Waals surface area contributed by atoms with Crippen molar-refractivity contribution in [2.75, 3.05) is 13.2 Å². The maximum atomic E-state index is 12.3. The molecule has 0 aliphatic heterocycles. The van der Waals surface area contributed by atoms with Crippen molar-refractivity contribution in [1.82, 2.24) is 0 Å². The van der Waals surface area contributed by atoms with Crippen LogP contribution in [0, 0.1) is 17.8 Å². The van der Waals surface area contributed by atoms with Crippen LogP contribution in [0.5, 0.6) is 0 Å². The van der Waals surface area contributed by atoms with Gasteiger partial charge in [0.25, 0.3) is 0 Å². The fraction of sp³-hybridized carbons (Fsp3) is 0.850. The van der Waals surface area contributed by atoms with Crippen LogP contribution in [0.15, 0.2) is 0 Å². The molecule has 0 heterocycles. The summed E-state index contributed by atoms with van der Waals surface area (Å²) in [7, 11) is 0. The topological polar surface area (TPSA) is 78.9 Å². The van der Waals surface area contributed by atoms with Gasteiger partial charge in [0.05, 0.1) is 17.8 Å². The molecule has 0 saturated carbocycles. The summed E-state index contributed by atoms with van der Waals surface area (Å²) in [6.07, 6.45) is 2.33. The van der Waals surface area contributed by atoms with E-state index in [0.29, 0.717) is 25.7 Å². The van der Waals surface area contributed by atoms with Gasteiger partial charge in [0, 0.05) is 0 Å². The van der Waals surface area contributed by atoms with Crippen molar-refractivity contribution in [3.8, 4) is 0 Å². The molecule has 0 aliphatic carbocycles. The number of esters is 3. The fourth-order valence-electron chi connectivity index (χ4n) is 1.88. The Hall–Kier alpha value is -1.59. The van der Waals surface area contributed by atoms with Crippen molar-refractivity contribution in [2.24, 2.45) is 17.8 Å². The lowest BCUT2D eigenvalue weighted by molar-refractivity contribution is -0.190. The Morgan fingerprint density at radius 3 is 1.35 bits per heavy atom. The van der Waals surface area contributed by atoms with Crippen LogP contribution in [0.2, 0.25) is 0 Å². The zero-order valence-corrected chi connectivity index (χ0v) is 17.4. The Labute approximate surface area is 157 Å². The first-order chi connectivity index (χ1) is 12.2. The standard InChI is InChI=1S/C20H36O6/c1-8-14(5)17(21)24-12-20(11-4,26-19(23)16(7)10-3)13-25-18(22)15(6)9-2/h14-16H,8-13H2,1-7H3. The van der Waals surface area contributed by atoms with Gasteiger partial charge in [-0.15, -0.1) is 0 Å². The van der Waals surface area contributed by atoms with E-state index < -0.39 is 5.60 Å². The van der Waals surface area contributed by atoms with Crippen LogP contribution < -0.4 is 0 Å². The lowest BCUT2D eigenvalue weighted by Gasteiger charge is -2.33. The molecule has 152 valence electrons. The number of rotatable bonds is 12. The highest BCUT2D eigenvalue weighted by atomic mass is 16.6. The van der Waals surface area contributed by atoms with Crippen LogP contribution in [0.4, 0.5) is 0 Å². The molecule has 0 aromatic carbocycles. The number of ether oxygens (including phenoxy) is 3.